The Morgan fingerprint density at radius 3 is 2.80 bits per heavy atom. The molecule has 0 saturated carbocycles. The van der Waals surface area contributed by atoms with Crippen molar-refractivity contribution in [1.29, 1.82) is 0 Å². The molecule has 2 rings (SSSR count). The van der Waals surface area contributed by atoms with Gasteiger partial charge in [-0.25, -0.2) is 9.78 Å². The Balaban J connectivity index is 2.42. The Bertz CT molecular complexity index is 625. The van der Waals surface area contributed by atoms with E-state index < -0.39 is 5.97 Å². The molecule has 0 radical (unpaired) electrons. The van der Waals surface area contributed by atoms with Crippen molar-refractivity contribution in [1.82, 2.24) is 4.98 Å². The van der Waals surface area contributed by atoms with Crippen LogP contribution in [0, 0.1) is 6.92 Å². The first kappa shape index (κ1) is 13.9. The zero-order chi connectivity index (χ0) is 14.5. The summed E-state index contributed by atoms with van der Waals surface area (Å²) in [5, 5.41) is 9.21. The van der Waals surface area contributed by atoms with Gasteiger partial charge in [0.15, 0.2) is 5.75 Å². The Morgan fingerprint density at radius 2 is 2.10 bits per heavy atom. The highest BCUT2D eigenvalue weighted by molar-refractivity contribution is 5.91. The average Bonchev–Trinajstić information content (AvgIpc) is 2.43. The van der Waals surface area contributed by atoms with Crippen molar-refractivity contribution in [3.8, 4) is 17.4 Å². The molecule has 0 aliphatic rings. The fourth-order valence-electron chi connectivity index (χ4n) is 1.77. The fraction of sp³-hybridized carbons (Fsp3) is 0.200. The van der Waals surface area contributed by atoms with Gasteiger partial charge in [0.1, 0.15) is 11.3 Å². The van der Waals surface area contributed by atoms with Crippen molar-refractivity contribution in [2.24, 2.45) is 0 Å². The summed E-state index contributed by atoms with van der Waals surface area (Å²) in [4.78, 5) is 15.3. The van der Waals surface area contributed by atoms with E-state index in [1.165, 1.54) is 6.07 Å². The molecule has 0 bridgehead atoms. The standard InChI is InChI=1S/C15H15NO4/c1-3-19-12-8-5-9-16-14(12)20-13-10(2)6-4-7-11(13)15(17)18/h4-9H,3H2,1-2H3,(H,17,18). The van der Waals surface area contributed by atoms with Gasteiger partial charge in [0.25, 0.3) is 5.88 Å². The molecule has 0 fully saturated rings. The van der Waals surface area contributed by atoms with Crippen LogP contribution in [0.2, 0.25) is 0 Å². The van der Waals surface area contributed by atoms with Crippen molar-refractivity contribution in [3.05, 3.63) is 47.7 Å². The van der Waals surface area contributed by atoms with Crippen LogP contribution in [0.25, 0.3) is 0 Å². The van der Waals surface area contributed by atoms with E-state index >= 15 is 0 Å². The fourth-order valence-corrected chi connectivity index (χ4v) is 1.77. The maximum Gasteiger partial charge on any atom is 0.339 e. The second-order valence-electron chi connectivity index (χ2n) is 4.10. The number of carboxylic acid groups (broad SMARTS) is 1. The number of carbonyl (C=O) groups is 1. The molecule has 20 heavy (non-hydrogen) atoms. The van der Waals surface area contributed by atoms with Crippen LogP contribution in [0.15, 0.2) is 36.5 Å². The van der Waals surface area contributed by atoms with Gasteiger partial charge in [-0.3, -0.25) is 0 Å². The second kappa shape index (κ2) is 6.06. The molecule has 1 aromatic carbocycles. The number of ether oxygens (including phenoxy) is 2. The Morgan fingerprint density at radius 1 is 1.30 bits per heavy atom. The summed E-state index contributed by atoms with van der Waals surface area (Å²) in [5.41, 5.74) is 0.816. The summed E-state index contributed by atoms with van der Waals surface area (Å²) < 4.78 is 11.1. The first-order valence-electron chi connectivity index (χ1n) is 6.22. The number of aryl methyl sites for hydroxylation is 1. The topological polar surface area (TPSA) is 68.7 Å². The van der Waals surface area contributed by atoms with E-state index in [9.17, 15) is 9.90 Å². The molecule has 5 nitrogen and oxygen atoms in total. The number of para-hydroxylation sites is 1. The number of nitrogens with zero attached hydrogens (tertiary/aromatic N) is 1. The normalized spacial score (nSPS) is 10.1. The van der Waals surface area contributed by atoms with Gasteiger partial charge < -0.3 is 14.6 Å². The van der Waals surface area contributed by atoms with Crippen LogP contribution >= 0.6 is 0 Å². The molecular formula is C15H15NO4. The molecule has 2 aromatic rings. The summed E-state index contributed by atoms with van der Waals surface area (Å²) in [7, 11) is 0. The predicted octanol–water partition coefficient (Wildman–Crippen LogP) is 3.28. The minimum atomic E-state index is -1.04. The number of rotatable bonds is 5. The van der Waals surface area contributed by atoms with Gasteiger partial charge in [0, 0.05) is 6.20 Å². The molecule has 0 spiro atoms. The molecule has 1 N–H and O–H groups in total. The van der Waals surface area contributed by atoms with Gasteiger partial charge in [-0.2, -0.15) is 0 Å². The summed E-state index contributed by atoms with van der Waals surface area (Å²) in [6.45, 7) is 4.11. The summed E-state index contributed by atoms with van der Waals surface area (Å²) >= 11 is 0. The largest absolute Gasteiger partial charge is 0.488 e. The molecule has 0 saturated heterocycles. The number of pyridine rings is 1. The minimum absolute atomic E-state index is 0.0955. The second-order valence-corrected chi connectivity index (χ2v) is 4.10. The van der Waals surface area contributed by atoms with Crippen molar-refractivity contribution in [2.75, 3.05) is 6.61 Å². The maximum absolute atomic E-state index is 11.2. The molecule has 104 valence electrons. The monoisotopic (exact) mass is 273 g/mol. The number of aromatic nitrogens is 1. The van der Waals surface area contributed by atoms with Crippen LogP contribution in [-0.2, 0) is 0 Å². The highest BCUT2D eigenvalue weighted by atomic mass is 16.5. The number of benzene rings is 1. The van der Waals surface area contributed by atoms with Crippen LogP contribution in [0.1, 0.15) is 22.8 Å². The number of hydrogen-bond acceptors (Lipinski definition) is 4. The molecule has 0 unspecified atom stereocenters. The molecule has 5 heteroatoms. The third-order valence-electron chi connectivity index (χ3n) is 2.68. The van der Waals surface area contributed by atoms with E-state index in [0.717, 1.165) is 5.56 Å². The predicted molar refractivity (Wildman–Crippen MR) is 73.6 cm³/mol. The molecular weight excluding hydrogens is 258 g/mol. The van der Waals surface area contributed by atoms with Gasteiger partial charge in [-0.05, 0) is 37.6 Å². The highest BCUT2D eigenvalue weighted by Crippen LogP contribution is 2.33. The number of hydrogen-bond donors (Lipinski definition) is 1. The number of aromatic carboxylic acids is 1. The zero-order valence-electron chi connectivity index (χ0n) is 11.3. The lowest BCUT2D eigenvalue weighted by atomic mass is 10.1. The molecule has 1 aromatic heterocycles. The highest BCUT2D eigenvalue weighted by Gasteiger charge is 2.16. The van der Waals surface area contributed by atoms with Crippen molar-refractivity contribution in [3.63, 3.8) is 0 Å². The lowest BCUT2D eigenvalue weighted by Crippen LogP contribution is -2.03. The van der Waals surface area contributed by atoms with E-state index in [2.05, 4.69) is 4.98 Å². The zero-order valence-corrected chi connectivity index (χ0v) is 11.3. The Labute approximate surface area is 116 Å². The first-order valence-corrected chi connectivity index (χ1v) is 6.22. The summed E-state index contributed by atoms with van der Waals surface area (Å²) in [6, 6.07) is 8.41. The van der Waals surface area contributed by atoms with Crippen LogP contribution in [0.4, 0.5) is 0 Å². The summed E-state index contributed by atoms with van der Waals surface area (Å²) in [5.74, 6) is -0.0296. The minimum Gasteiger partial charge on any atom is -0.488 e. The Kier molecular flexibility index (Phi) is 4.20. The van der Waals surface area contributed by atoms with Crippen molar-refractivity contribution in [2.45, 2.75) is 13.8 Å². The summed E-state index contributed by atoms with van der Waals surface area (Å²) in [6.07, 6.45) is 1.57. The molecule has 1 heterocycles. The van der Waals surface area contributed by atoms with Gasteiger partial charge in [0.2, 0.25) is 0 Å². The van der Waals surface area contributed by atoms with E-state index in [0.29, 0.717) is 12.4 Å². The van der Waals surface area contributed by atoms with Crippen LogP contribution < -0.4 is 9.47 Å². The molecule has 0 aliphatic carbocycles. The average molecular weight is 273 g/mol. The Hall–Kier alpha value is -2.56. The third-order valence-corrected chi connectivity index (χ3v) is 2.68. The molecule has 0 atom stereocenters. The van der Waals surface area contributed by atoms with E-state index in [4.69, 9.17) is 9.47 Å². The number of carboxylic acids is 1. The third kappa shape index (κ3) is 2.88. The van der Waals surface area contributed by atoms with Crippen LogP contribution in [0.3, 0.4) is 0 Å². The van der Waals surface area contributed by atoms with E-state index in [1.54, 1.807) is 37.4 Å². The van der Waals surface area contributed by atoms with Gasteiger partial charge in [-0.1, -0.05) is 12.1 Å². The maximum atomic E-state index is 11.2. The van der Waals surface area contributed by atoms with Crippen LogP contribution in [-0.4, -0.2) is 22.7 Å². The lowest BCUT2D eigenvalue weighted by Gasteiger charge is -2.13. The first-order chi connectivity index (χ1) is 9.63. The van der Waals surface area contributed by atoms with Crippen molar-refractivity contribution >= 4 is 5.97 Å². The van der Waals surface area contributed by atoms with Crippen LogP contribution in [0.5, 0.6) is 17.4 Å². The smallest absolute Gasteiger partial charge is 0.339 e. The SMILES string of the molecule is CCOc1cccnc1Oc1c(C)cccc1C(=O)O. The lowest BCUT2D eigenvalue weighted by molar-refractivity contribution is 0.0693. The molecule has 0 aliphatic heterocycles. The van der Waals surface area contributed by atoms with Crippen molar-refractivity contribution < 1.29 is 19.4 Å². The quantitative estimate of drug-likeness (QED) is 0.905. The van der Waals surface area contributed by atoms with E-state index in [-0.39, 0.29) is 17.2 Å². The van der Waals surface area contributed by atoms with Gasteiger partial charge >= 0.3 is 5.97 Å². The van der Waals surface area contributed by atoms with Gasteiger partial charge in [-0.15, -0.1) is 0 Å². The van der Waals surface area contributed by atoms with E-state index in [1.807, 2.05) is 6.92 Å². The van der Waals surface area contributed by atoms with Gasteiger partial charge in [0.05, 0.1) is 6.61 Å². The molecule has 0 amide bonds.